The van der Waals surface area contributed by atoms with Gasteiger partial charge in [-0.15, -0.1) is 0 Å². The Balaban J connectivity index is 1.02. The van der Waals surface area contributed by atoms with E-state index in [1.54, 1.807) is 42.7 Å². The molecule has 1 heterocycles. The molecule has 4 aliphatic rings. The monoisotopic (exact) mass is 484 g/mol. The third kappa shape index (κ3) is 4.77. The van der Waals surface area contributed by atoms with E-state index in [4.69, 9.17) is 9.15 Å². The van der Waals surface area contributed by atoms with Gasteiger partial charge in [-0.2, -0.15) is 0 Å². The quantitative estimate of drug-likeness (QED) is 0.430. The van der Waals surface area contributed by atoms with Crippen LogP contribution in [0.5, 0.6) is 5.75 Å². The molecule has 4 aliphatic carbocycles. The average molecular weight is 485 g/mol. The van der Waals surface area contributed by atoms with Crippen molar-refractivity contribution < 1.29 is 18.7 Å². The van der Waals surface area contributed by atoms with Gasteiger partial charge in [-0.1, -0.05) is 18.2 Å². The van der Waals surface area contributed by atoms with Gasteiger partial charge in [0.2, 0.25) is 0 Å². The third-order valence-electron chi connectivity index (χ3n) is 8.29. The van der Waals surface area contributed by atoms with Crippen molar-refractivity contribution in [3.05, 3.63) is 83.8 Å². The maximum absolute atomic E-state index is 12.5. The molecule has 4 saturated carbocycles. The predicted molar refractivity (Wildman–Crippen MR) is 137 cm³/mol. The lowest BCUT2D eigenvalue weighted by Crippen LogP contribution is -2.48. The molecule has 6 nitrogen and oxygen atoms in total. The van der Waals surface area contributed by atoms with Crippen LogP contribution in [0, 0.1) is 17.8 Å². The zero-order chi connectivity index (χ0) is 24.5. The summed E-state index contributed by atoms with van der Waals surface area (Å²) < 4.78 is 11.0. The molecular formula is C30H32N2O4. The molecule has 4 bridgehead atoms. The van der Waals surface area contributed by atoms with E-state index >= 15 is 0 Å². The molecule has 1 aromatic heterocycles. The van der Waals surface area contributed by atoms with E-state index in [-0.39, 0.29) is 18.4 Å². The summed E-state index contributed by atoms with van der Waals surface area (Å²) in [6.07, 6.45) is 9.89. The fourth-order valence-electron chi connectivity index (χ4n) is 7.14. The minimum absolute atomic E-state index is 0.0916. The van der Waals surface area contributed by atoms with Crippen LogP contribution in [0.25, 0.3) is 0 Å². The van der Waals surface area contributed by atoms with Gasteiger partial charge >= 0.3 is 0 Å². The van der Waals surface area contributed by atoms with Crippen molar-refractivity contribution in [2.24, 2.45) is 17.8 Å². The minimum Gasteiger partial charge on any atom is -0.484 e. The molecule has 3 aromatic rings. The Morgan fingerprint density at radius 3 is 2.31 bits per heavy atom. The maximum Gasteiger partial charge on any atom is 0.262 e. The largest absolute Gasteiger partial charge is 0.484 e. The van der Waals surface area contributed by atoms with Crippen molar-refractivity contribution in [2.75, 3.05) is 11.9 Å². The molecule has 0 saturated heterocycles. The standard InChI is InChI=1S/C30H32N2O4/c33-28(32-25-4-1-3-23(14-25)29(34)31-18-27-5-2-10-35-27)19-36-26-8-6-24(7-9-26)30-15-20-11-21(16-30)13-22(12-20)17-30/h1-10,14,20-22H,11-13,15-19H2,(H,31,34)(H,32,33). The molecule has 0 aliphatic heterocycles. The number of carbonyl (C=O) groups is 2. The first kappa shape index (κ1) is 22.9. The van der Waals surface area contributed by atoms with Gasteiger partial charge in [-0.25, -0.2) is 0 Å². The number of amides is 2. The SMILES string of the molecule is O=C(COc1ccc(C23CC4CC(CC(C4)C2)C3)cc1)Nc1cccc(C(=O)NCc2ccco2)c1. The lowest BCUT2D eigenvalue weighted by Gasteiger charge is -2.57. The second-order valence-corrected chi connectivity index (χ2v) is 10.9. The normalized spacial score (nSPS) is 25.9. The highest BCUT2D eigenvalue weighted by atomic mass is 16.5. The summed E-state index contributed by atoms with van der Waals surface area (Å²) in [7, 11) is 0. The molecule has 186 valence electrons. The highest BCUT2D eigenvalue weighted by Gasteiger charge is 2.51. The summed E-state index contributed by atoms with van der Waals surface area (Å²) in [4.78, 5) is 24.9. The number of rotatable bonds is 8. The van der Waals surface area contributed by atoms with Crippen molar-refractivity contribution in [1.29, 1.82) is 0 Å². The summed E-state index contributed by atoms with van der Waals surface area (Å²) in [5.74, 6) is 3.61. The van der Waals surface area contributed by atoms with Crippen LogP contribution in [-0.4, -0.2) is 18.4 Å². The second-order valence-electron chi connectivity index (χ2n) is 10.9. The van der Waals surface area contributed by atoms with Crippen LogP contribution in [0.1, 0.15) is 60.2 Å². The number of nitrogens with one attached hydrogen (secondary N) is 2. The van der Waals surface area contributed by atoms with E-state index < -0.39 is 0 Å². The molecule has 6 heteroatoms. The van der Waals surface area contributed by atoms with Crippen molar-refractivity contribution >= 4 is 17.5 Å². The number of anilines is 1. The van der Waals surface area contributed by atoms with Crippen molar-refractivity contribution in [3.8, 4) is 5.75 Å². The Morgan fingerprint density at radius 1 is 0.917 bits per heavy atom. The van der Waals surface area contributed by atoms with Crippen LogP contribution in [0.15, 0.2) is 71.3 Å². The maximum atomic E-state index is 12.5. The first-order valence-corrected chi connectivity index (χ1v) is 13.0. The smallest absolute Gasteiger partial charge is 0.262 e. The Morgan fingerprint density at radius 2 is 1.64 bits per heavy atom. The van der Waals surface area contributed by atoms with Crippen LogP contribution in [0.3, 0.4) is 0 Å². The third-order valence-corrected chi connectivity index (χ3v) is 8.29. The summed E-state index contributed by atoms with van der Waals surface area (Å²) in [5, 5.41) is 5.62. The Hall–Kier alpha value is -3.54. The molecule has 0 radical (unpaired) electrons. The summed E-state index contributed by atoms with van der Waals surface area (Å²) >= 11 is 0. The summed E-state index contributed by atoms with van der Waals surface area (Å²) in [6, 6.07) is 18.9. The van der Waals surface area contributed by atoms with E-state index in [1.807, 2.05) is 12.1 Å². The molecule has 4 fully saturated rings. The highest BCUT2D eigenvalue weighted by Crippen LogP contribution is 2.60. The molecule has 0 spiro atoms. The Labute approximate surface area is 211 Å². The zero-order valence-electron chi connectivity index (χ0n) is 20.4. The zero-order valence-corrected chi connectivity index (χ0v) is 20.4. The van der Waals surface area contributed by atoms with Crippen LogP contribution in [0.2, 0.25) is 0 Å². The van der Waals surface area contributed by atoms with E-state index in [0.29, 0.717) is 34.7 Å². The van der Waals surface area contributed by atoms with Crippen molar-refractivity contribution in [1.82, 2.24) is 5.32 Å². The molecule has 0 atom stereocenters. The topological polar surface area (TPSA) is 80.6 Å². The van der Waals surface area contributed by atoms with Gasteiger partial charge in [0, 0.05) is 11.3 Å². The van der Waals surface area contributed by atoms with Gasteiger partial charge in [-0.05, 0) is 110 Å². The Kier molecular flexibility index (Phi) is 6.04. The second kappa shape index (κ2) is 9.49. The number of hydrogen-bond donors (Lipinski definition) is 2. The summed E-state index contributed by atoms with van der Waals surface area (Å²) in [6.45, 7) is 0.212. The lowest BCUT2D eigenvalue weighted by atomic mass is 9.48. The van der Waals surface area contributed by atoms with Gasteiger partial charge in [0.05, 0.1) is 12.8 Å². The van der Waals surface area contributed by atoms with Crippen LogP contribution < -0.4 is 15.4 Å². The van der Waals surface area contributed by atoms with E-state index in [0.717, 1.165) is 17.8 Å². The molecule has 2 amide bonds. The van der Waals surface area contributed by atoms with Gasteiger partial charge in [-0.3, -0.25) is 9.59 Å². The van der Waals surface area contributed by atoms with Crippen LogP contribution in [0.4, 0.5) is 5.69 Å². The first-order valence-electron chi connectivity index (χ1n) is 13.0. The molecule has 36 heavy (non-hydrogen) atoms. The van der Waals surface area contributed by atoms with E-state index in [1.165, 1.54) is 44.1 Å². The molecule has 2 aromatic carbocycles. The number of carbonyl (C=O) groups excluding carboxylic acids is 2. The van der Waals surface area contributed by atoms with Crippen LogP contribution >= 0.6 is 0 Å². The molecule has 2 N–H and O–H groups in total. The molecular weight excluding hydrogens is 452 g/mol. The van der Waals surface area contributed by atoms with Crippen molar-refractivity contribution in [2.45, 2.75) is 50.5 Å². The van der Waals surface area contributed by atoms with E-state index in [2.05, 4.69) is 22.8 Å². The number of ether oxygens (including phenoxy) is 1. The Bertz CT molecular complexity index is 1200. The number of furan rings is 1. The molecule has 7 rings (SSSR count). The minimum atomic E-state index is -0.270. The lowest BCUT2D eigenvalue weighted by molar-refractivity contribution is -0.118. The van der Waals surface area contributed by atoms with E-state index in [9.17, 15) is 9.59 Å². The number of hydrogen-bond acceptors (Lipinski definition) is 4. The van der Waals surface area contributed by atoms with Gasteiger partial charge in [0.1, 0.15) is 11.5 Å². The van der Waals surface area contributed by atoms with Gasteiger partial charge in [0.15, 0.2) is 6.61 Å². The number of benzene rings is 2. The first-order chi connectivity index (χ1) is 17.5. The highest BCUT2D eigenvalue weighted by molar-refractivity contribution is 5.97. The predicted octanol–water partition coefficient (Wildman–Crippen LogP) is 5.69. The summed E-state index contributed by atoms with van der Waals surface area (Å²) in [5.41, 5.74) is 2.81. The van der Waals surface area contributed by atoms with Crippen molar-refractivity contribution in [3.63, 3.8) is 0 Å². The fraction of sp³-hybridized carbons (Fsp3) is 0.400. The average Bonchev–Trinajstić information content (AvgIpc) is 3.39. The molecule has 0 unspecified atom stereocenters. The van der Waals surface area contributed by atoms with Gasteiger partial charge < -0.3 is 19.8 Å². The van der Waals surface area contributed by atoms with Gasteiger partial charge in [0.25, 0.3) is 11.8 Å². The van der Waals surface area contributed by atoms with Crippen LogP contribution in [-0.2, 0) is 16.8 Å². The fourth-order valence-corrected chi connectivity index (χ4v) is 7.14.